The highest BCUT2D eigenvalue weighted by atomic mass is 16.5. The summed E-state index contributed by atoms with van der Waals surface area (Å²) in [4.78, 5) is 13.8. The molecular formula is C56H40O12. The SMILES string of the molecule is O=C1C=C(O)C2=C(c3ccc(O)cc3)[C@@H]([C@H]3c4cc(O)cc5c4[C@@H](c4cc(O)cc(O)c4[C@@H]3c3ccc(O)cc3)[C@H](c3ccc(O)cc3)O5)c3cc(O)cc4c3[C@@H](C2=C1)[C@H](c1ccc(O)cc1)O4. The summed E-state index contributed by atoms with van der Waals surface area (Å²) in [6.07, 6.45) is 0.934. The molecule has 0 aromatic heterocycles. The quantitative estimate of drug-likeness (QED) is 0.0788. The standard InChI is InChI=1S/C56H40O12/c57-29-9-1-25(2-10-29)45-47-37(17-33(61)21-41(47)65)53-49-39(19-35(63)23-43(49)67-55(53)27-5-13-31(59)14-6-27)51(45)52-40-20-36(64)24-44-50(40)54(56(68-44)28-7-15-32(60)16-8-28)38-18-34(62)22-42(66)48(38)46(52)26-3-11-30(58)12-4-26/h1-24,45,51-61,63-66H/t45-,51-,52-,53+,54+,55-,56-/m0/s1. The van der Waals surface area contributed by atoms with Crippen LogP contribution in [0.15, 0.2) is 163 Å². The first-order valence-electron chi connectivity index (χ1n) is 22.0. The first-order valence-corrected chi connectivity index (χ1v) is 22.0. The van der Waals surface area contributed by atoms with E-state index in [1.807, 2.05) is 0 Å². The maximum Gasteiger partial charge on any atom is 0.182 e. The van der Waals surface area contributed by atoms with E-state index in [1.165, 1.54) is 72.8 Å². The van der Waals surface area contributed by atoms with Crippen molar-refractivity contribution in [2.45, 2.75) is 41.8 Å². The molecule has 0 fully saturated rings. The molecule has 68 heavy (non-hydrogen) atoms. The second-order valence-corrected chi connectivity index (χ2v) is 18.0. The molecule has 0 spiro atoms. The van der Waals surface area contributed by atoms with Gasteiger partial charge in [0.25, 0.3) is 0 Å². The van der Waals surface area contributed by atoms with E-state index in [0.29, 0.717) is 78.3 Å². The van der Waals surface area contributed by atoms with E-state index in [-0.39, 0.29) is 57.3 Å². The summed E-state index contributed by atoms with van der Waals surface area (Å²) in [5.41, 5.74) is 6.62. The zero-order chi connectivity index (χ0) is 46.9. The average molecular weight is 905 g/mol. The maximum atomic E-state index is 13.8. The molecule has 9 N–H and O–H groups in total. The Morgan fingerprint density at radius 3 is 1.41 bits per heavy atom. The number of hydrogen-bond donors (Lipinski definition) is 9. The molecule has 0 unspecified atom stereocenters. The van der Waals surface area contributed by atoms with E-state index in [1.54, 1.807) is 66.7 Å². The van der Waals surface area contributed by atoms with Crippen LogP contribution in [-0.2, 0) is 4.79 Å². The number of ether oxygens (including phenoxy) is 2. The number of aliphatic hydroxyl groups is 1. The van der Waals surface area contributed by atoms with Crippen molar-refractivity contribution in [2.75, 3.05) is 0 Å². The van der Waals surface area contributed by atoms with Crippen LogP contribution in [0.1, 0.15) is 97.4 Å². The molecule has 0 saturated carbocycles. The Morgan fingerprint density at radius 2 is 0.853 bits per heavy atom. The molecule has 12 heteroatoms. The van der Waals surface area contributed by atoms with Crippen molar-refractivity contribution in [3.63, 3.8) is 0 Å². The minimum absolute atomic E-state index is 0.0189. The molecule has 0 radical (unpaired) electrons. The van der Waals surface area contributed by atoms with Gasteiger partial charge in [0.15, 0.2) is 5.78 Å². The second kappa shape index (κ2) is 14.9. The Hall–Kier alpha value is -8.77. The molecule has 7 aromatic rings. The van der Waals surface area contributed by atoms with Gasteiger partial charge in [0.05, 0.1) is 11.8 Å². The highest BCUT2D eigenvalue weighted by Gasteiger charge is 2.54. The van der Waals surface area contributed by atoms with E-state index in [2.05, 4.69) is 0 Å². The molecule has 0 amide bonds. The molecule has 336 valence electrons. The lowest BCUT2D eigenvalue weighted by molar-refractivity contribution is -0.110. The number of aromatic hydroxyl groups is 8. The lowest BCUT2D eigenvalue weighted by Crippen LogP contribution is -2.23. The number of ketones is 1. The topological polar surface area (TPSA) is 218 Å². The summed E-state index contributed by atoms with van der Waals surface area (Å²) in [5.74, 6) is -5.60. The van der Waals surface area contributed by atoms with Crippen LogP contribution in [0.3, 0.4) is 0 Å². The number of rotatable bonds is 5. The van der Waals surface area contributed by atoms with E-state index >= 15 is 0 Å². The normalized spacial score (nSPS) is 22.9. The van der Waals surface area contributed by atoms with E-state index in [4.69, 9.17) is 9.47 Å². The molecule has 0 bridgehead atoms. The van der Waals surface area contributed by atoms with Crippen molar-refractivity contribution >= 4 is 11.4 Å². The Kier molecular flexibility index (Phi) is 8.91. The number of phenolic OH excluding ortho intramolecular Hbond substituents is 8. The summed E-state index contributed by atoms with van der Waals surface area (Å²) < 4.78 is 13.7. The van der Waals surface area contributed by atoms with Gasteiger partial charge >= 0.3 is 0 Å². The molecule has 7 aromatic carbocycles. The molecule has 3 aliphatic carbocycles. The predicted molar refractivity (Wildman–Crippen MR) is 248 cm³/mol. The molecule has 2 aliphatic heterocycles. The zero-order valence-electron chi connectivity index (χ0n) is 35.6. The smallest absolute Gasteiger partial charge is 0.182 e. The molecule has 12 nitrogen and oxygen atoms in total. The fraction of sp³-hybridized carbons (Fsp3) is 0.125. The summed E-state index contributed by atoms with van der Waals surface area (Å²) in [6, 6.07) is 35.1. The first kappa shape index (κ1) is 40.7. The van der Waals surface area contributed by atoms with Crippen molar-refractivity contribution in [1.82, 2.24) is 0 Å². The van der Waals surface area contributed by atoms with Gasteiger partial charge in [0.2, 0.25) is 0 Å². The van der Waals surface area contributed by atoms with E-state index in [9.17, 15) is 50.8 Å². The van der Waals surface area contributed by atoms with Gasteiger partial charge in [-0.05, 0) is 123 Å². The molecular weight excluding hydrogens is 865 g/mol. The van der Waals surface area contributed by atoms with Crippen molar-refractivity contribution in [3.8, 4) is 57.5 Å². The number of carbonyl (C=O) groups excluding carboxylic acids is 1. The third kappa shape index (κ3) is 6.17. The molecule has 2 heterocycles. The van der Waals surface area contributed by atoms with Gasteiger partial charge in [0.1, 0.15) is 75.5 Å². The zero-order valence-corrected chi connectivity index (χ0v) is 35.6. The molecule has 7 atom stereocenters. The van der Waals surface area contributed by atoms with Crippen LogP contribution < -0.4 is 9.47 Å². The number of allylic oxidation sites excluding steroid dienone is 4. The minimum atomic E-state index is -1.02. The lowest BCUT2D eigenvalue weighted by Gasteiger charge is -2.38. The maximum absolute atomic E-state index is 13.8. The predicted octanol–water partition coefficient (Wildman–Crippen LogP) is 10.2. The van der Waals surface area contributed by atoms with Crippen molar-refractivity contribution in [1.29, 1.82) is 0 Å². The van der Waals surface area contributed by atoms with Gasteiger partial charge in [0, 0.05) is 64.3 Å². The lowest BCUT2D eigenvalue weighted by atomic mass is 9.64. The Labute approximate surface area is 387 Å². The average Bonchev–Trinajstić information content (AvgIpc) is 3.81. The number of fused-ring (bicyclic) bond motifs is 4. The van der Waals surface area contributed by atoms with Gasteiger partial charge in [-0.15, -0.1) is 0 Å². The van der Waals surface area contributed by atoms with Gasteiger partial charge < -0.3 is 55.4 Å². The number of benzene rings is 7. The largest absolute Gasteiger partial charge is 0.508 e. The first-order chi connectivity index (χ1) is 32.8. The van der Waals surface area contributed by atoms with Crippen molar-refractivity contribution in [3.05, 3.63) is 218 Å². The Balaban J connectivity index is 1.26. The summed E-state index contributed by atoms with van der Waals surface area (Å²) in [7, 11) is 0. The molecule has 12 rings (SSSR count). The number of phenols is 8. The monoisotopic (exact) mass is 904 g/mol. The van der Waals surface area contributed by atoms with Gasteiger partial charge in [-0.1, -0.05) is 48.5 Å². The number of hydrogen-bond acceptors (Lipinski definition) is 12. The van der Waals surface area contributed by atoms with Crippen molar-refractivity contribution < 1.29 is 60.2 Å². The highest BCUT2D eigenvalue weighted by Crippen LogP contribution is 2.68. The summed E-state index contributed by atoms with van der Waals surface area (Å²) in [5, 5.41) is 103. The highest BCUT2D eigenvalue weighted by molar-refractivity contribution is 6.05. The number of carbonyl (C=O) groups is 1. The fourth-order valence-electron chi connectivity index (χ4n) is 11.7. The van der Waals surface area contributed by atoms with Gasteiger partial charge in [-0.25, -0.2) is 0 Å². The molecule has 0 saturated heterocycles. The van der Waals surface area contributed by atoms with Crippen molar-refractivity contribution in [2.24, 2.45) is 0 Å². The van der Waals surface area contributed by atoms with Crippen LogP contribution in [0, 0.1) is 0 Å². The van der Waals surface area contributed by atoms with Gasteiger partial charge in [-0.3, -0.25) is 4.79 Å². The van der Waals surface area contributed by atoms with Crippen LogP contribution in [0.25, 0.3) is 5.57 Å². The van der Waals surface area contributed by atoms with Crippen LogP contribution >= 0.6 is 0 Å². The summed E-state index contributed by atoms with van der Waals surface area (Å²) >= 11 is 0. The van der Waals surface area contributed by atoms with Crippen LogP contribution in [0.2, 0.25) is 0 Å². The minimum Gasteiger partial charge on any atom is -0.508 e. The Morgan fingerprint density at radius 1 is 0.397 bits per heavy atom. The third-order valence-electron chi connectivity index (χ3n) is 14.2. The Bertz CT molecular complexity index is 3370. The van der Waals surface area contributed by atoms with Crippen LogP contribution in [0.5, 0.6) is 57.5 Å². The fourth-order valence-corrected chi connectivity index (χ4v) is 11.7. The van der Waals surface area contributed by atoms with Crippen LogP contribution in [0.4, 0.5) is 0 Å². The van der Waals surface area contributed by atoms with E-state index < -0.39 is 47.6 Å². The number of aliphatic hydroxyl groups excluding tert-OH is 1. The molecule has 5 aliphatic rings. The summed E-state index contributed by atoms with van der Waals surface area (Å²) in [6.45, 7) is 0. The van der Waals surface area contributed by atoms with Crippen LogP contribution in [-0.4, -0.2) is 51.7 Å². The van der Waals surface area contributed by atoms with E-state index in [0.717, 1.165) is 6.08 Å². The van der Waals surface area contributed by atoms with Gasteiger partial charge in [-0.2, -0.15) is 0 Å². The second-order valence-electron chi connectivity index (χ2n) is 18.0. The third-order valence-corrected chi connectivity index (χ3v) is 14.2.